The number of nitrogens with zero attached hydrogens (tertiary/aromatic N) is 1. The molecule has 1 N–H and O–H groups in total. The van der Waals surface area contributed by atoms with Gasteiger partial charge in [-0.3, -0.25) is 4.90 Å². The molecule has 1 atom stereocenters. The van der Waals surface area contributed by atoms with E-state index in [1.807, 2.05) is 0 Å². The first-order chi connectivity index (χ1) is 6.47. The fourth-order valence-corrected chi connectivity index (χ4v) is 2.25. The maximum Gasteiger partial charge on any atom is 0.0594 e. The highest BCUT2D eigenvalue weighted by Gasteiger charge is 2.21. The Hall–Kier alpha value is -0.120. The van der Waals surface area contributed by atoms with Crippen molar-refractivity contribution in [1.82, 2.24) is 10.2 Å². The zero-order valence-electron chi connectivity index (χ0n) is 8.30. The lowest BCUT2D eigenvalue weighted by Gasteiger charge is -2.33. The van der Waals surface area contributed by atoms with Crippen molar-refractivity contribution in [3.05, 3.63) is 0 Å². The Balaban J connectivity index is 1.82. The molecule has 0 amide bonds. The maximum atomic E-state index is 5.36. The minimum atomic E-state index is 0.770. The molecule has 13 heavy (non-hydrogen) atoms. The third-order valence-electron chi connectivity index (χ3n) is 3.08. The Morgan fingerprint density at radius 1 is 1.15 bits per heavy atom. The van der Waals surface area contributed by atoms with E-state index in [0.29, 0.717) is 0 Å². The van der Waals surface area contributed by atoms with Crippen molar-refractivity contribution >= 4 is 0 Å². The summed E-state index contributed by atoms with van der Waals surface area (Å²) < 4.78 is 5.36. The van der Waals surface area contributed by atoms with Crippen LogP contribution in [0.1, 0.15) is 19.3 Å². The van der Waals surface area contributed by atoms with E-state index in [0.717, 1.165) is 32.3 Å². The van der Waals surface area contributed by atoms with Gasteiger partial charge in [-0.05, 0) is 19.4 Å². The van der Waals surface area contributed by atoms with Crippen LogP contribution in [0.4, 0.5) is 0 Å². The monoisotopic (exact) mass is 184 g/mol. The summed E-state index contributed by atoms with van der Waals surface area (Å²) in [5.74, 6) is 0. The van der Waals surface area contributed by atoms with E-state index in [1.54, 1.807) is 0 Å². The summed E-state index contributed by atoms with van der Waals surface area (Å²) in [6, 6.07) is 0.770. The Kier molecular flexibility index (Phi) is 3.58. The molecule has 0 saturated carbocycles. The predicted octanol–water partition coefficient (Wildman–Crippen LogP) is 0.461. The molecule has 0 aromatic heterocycles. The number of hydrogen-bond acceptors (Lipinski definition) is 3. The van der Waals surface area contributed by atoms with Crippen molar-refractivity contribution < 1.29 is 4.74 Å². The highest BCUT2D eigenvalue weighted by atomic mass is 16.5. The van der Waals surface area contributed by atoms with Crippen LogP contribution >= 0.6 is 0 Å². The van der Waals surface area contributed by atoms with Crippen LogP contribution in [0.5, 0.6) is 0 Å². The lowest BCUT2D eigenvalue weighted by Crippen LogP contribution is -2.47. The molecule has 0 aliphatic carbocycles. The number of nitrogens with one attached hydrogen (secondary N) is 1. The molecule has 2 rings (SSSR count). The summed E-state index contributed by atoms with van der Waals surface area (Å²) in [7, 11) is 0. The molecular weight excluding hydrogens is 164 g/mol. The third-order valence-corrected chi connectivity index (χ3v) is 3.08. The van der Waals surface area contributed by atoms with Gasteiger partial charge in [0.1, 0.15) is 0 Å². The van der Waals surface area contributed by atoms with Crippen molar-refractivity contribution in [3.63, 3.8) is 0 Å². The zero-order chi connectivity index (χ0) is 8.93. The van der Waals surface area contributed by atoms with Crippen molar-refractivity contribution in [2.75, 3.05) is 39.4 Å². The maximum absolute atomic E-state index is 5.36. The smallest absolute Gasteiger partial charge is 0.0594 e. The standard InChI is InChI=1S/C10H20N2O/c1-2-4-11-9-10(3-1)12-5-7-13-8-6-12/h10-11H,1-9H2. The van der Waals surface area contributed by atoms with Crippen LogP contribution in [0.2, 0.25) is 0 Å². The molecular formula is C10H20N2O. The minimum Gasteiger partial charge on any atom is -0.379 e. The average molecular weight is 184 g/mol. The van der Waals surface area contributed by atoms with Gasteiger partial charge in [-0.15, -0.1) is 0 Å². The Labute approximate surface area is 80.4 Å². The molecule has 0 aromatic carbocycles. The third kappa shape index (κ3) is 2.66. The van der Waals surface area contributed by atoms with Gasteiger partial charge in [-0.25, -0.2) is 0 Å². The SMILES string of the molecule is C1CCC(N2CCOCC2)CNC1. The van der Waals surface area contributed by atoms with Gasteiger partial charge in [0, 0.05) is 25.7 Å². The summed E-state index contributed by atoms with van der Waals surface area (Å²) in [4.78, 5) is 2.59. The van der Waals surface area contributed by atoms with E-state index in [9.17, 15) is 0 Å². The molecule has 0 bridgehead atoms. The topological polar surface area (TPSA) is 24.5 Å². The van der Waals surface area contributed by atoms with Crippen LogP contribution in [-0.4, -0.2) is 50.3 Å². The van der Waals surface area contributed by atoms with Crippen LogP contribution in [0.3, 0.4) is 0 Å². The van der Waals surface area contributed by atoms with E-state index in [4.69, 9.17) is 4.74 Å². The van der Waals surface area contributed by atoms with Gasteiger partial charge < -0.3 is 10.1 Å². The summed E-state index contributed by atoms with van der Waals surface area (Å²) in [5.41, 5.74) is 0. The van der Waals surface area contributed by atoms with Gasteiger partial charge in [0.15, 0.2) is 0 Å². The van der Waals surface area contributed by atoms with E-state index in [1.165, 1.54) is 32.4 Å². The molecule has 2 fully saturated rings. The molecule has 2 saturated heterocycles. The largest absolute Gasteiger partial charge is 0.379 e. The summed E-state index contributed by atoms with van der Waals surface area (Å²) >= 11 is 0. The van der Waals surface area contributed by atoms with E-state index in [2.05, 4.69) is 10.2 Å². The fraction of sp³-hybridized carbons (Fsp3) is 1.00. The molecule has 0 radical (unpaired) electrons. The summed E-state index contributed by atoms with van der Waals surface area (Å²) in [5, 5.41) is 3.51. The molecule has 1 unspecified atom stereocenters. The van der Waals surface area contributed by atoms with Gasteiger partial charge in [-0.1, -0.05) is 6.42 Å². The van der Waals surface area contributed by atoms with Crippen molar-refractivity contribution in [1.29, 1.82) is 0 Å². The second-order valence-corrected chi connectivity index (χ2v) is 4.00. The van der Waals surface area contributed by atoms with Gasteiger partial charge in [-0.2, -0.15) is 0 Å². The molecule has 3 heteroatoms. The second-order valence-electron chi connectivity index (χ2n) is 4.00. The molecule has 2 heterocycles. The zero-order valence-corrected chi connectivity index (χ0v) is 8.30. The Bertz CT molecular complexity index is 138. The van der Waals surface area contributed by atoms with Gasteiger partial charge in [0.05, 0.1) is 13.2 Å². The van der Waals surface area contributed by atoms with Crippen molar-refractivity contribution in [2.24, 2.45) is 0 Å². The van der Waals surface area contributed by atoms with E-state index >= 15 is 0 Å². The number of rotatable bonds is 1. The van der Waals surface area contributed by atoms with Gasteiger partial charge in [0.25, 0.3) is 0 Å². The number of morpholine rings is 1. The molecule has 2 aliphatic heterocycles. The number of hydrogen-bond donors (Lipinski definition) is 1. The first-order valence-corrected chi connectivity index (χ1v) is 5.49. The normalized spacial score (nSPS) is 32.8. The fourth-order valence-electron chi connectivity index (χ4n) is 2.25. The first-order valence-electron chi connectivity index (χ1n) is 5.49. The van der Waals surface area contributed by atoms with E-state index in [-0.39, 0.29) is 0 Å². The second kappa shape index (κ2) is 4.94. The van der Waals surface area contributed by atoms with Crippen LogP contribution in [0.25, 0.3) is 0 Å². The predicted molar refractivity (Wildman–Crippen MR) is 52.9 cm³/mol. The molecule has 2 aliphatic rings. The molecule has 0 spiro atoms. The van der Waals surface area contributed by atoms with Gasteiger partial charge >= 0.3 is 0 Å². The van der Waals surface area contributed by atoms with Gasteiger partial charge in [0.2, 0.25) is 0 Å². The molecule has 3 nitrogen and oxygen atoms in total. The lowest BCUT2D eigenvalue weighted by molar-refractivity contribution is 0.0159. The highest BCUT2D eigenvalue weighted by Crippen LogP contribution is 2.12. The molecule has 0 aromatic rings. The quantitative estimate of drug-likeness (QED) is 0.641. The number of ether oxygens (including phenoxy) is 1. The van der Waals surface area contributed by atoms with Crippen molar-refractivity contribution in [3.8, 4) is 0 Å². The first kappa shape index (κ1) is 9.44. The minimum absolute atomic E-state index is 0.770. The summed E-state index contributed by atoms with van der Waals surface area (Å²) in [6.45, 7) is 6.51. The highest BCUT2D eigenvalue weighted by molar-refractivity contribution is 4.78. The lowest BCUT2D eigenvalue weighted by atomic mass is 10.1. The van der Waals surface area contributed by atoms with Crippen LogP contribution < -0.4 is 5.32 Å². The van der Waals surface area contributed by atoms with Crippen LogP contribution in [-0.2, 0) is 4.74 Å². The van der Waals surface area contributed by atoms with Crippen LogP contribution in [0.15, 0.2) is 0 Å². The molecule has 76 valence electrons. The Morgan fingerprint density at radius 2 is 2.00 bits per heavy atom. The Morgan fingerprint density at radius 3 is 2.85 bits per heavy atom. The van der Waals surface area contributed by atoms with Crippen molar-refractivity contribution in [2.45, 2.75) is 25.3 Å². The van der Waals surface area contributed by atoms with E-state index < -0.39 is 0 Å². The average Bonchev–Trinajstić information content (AvgIpc) is 2.47. The summed E-state index contributed by atoms with van der Waals surface area (Å²) in [6.07, 6.45) is 4.10. The van der Waals surface area contributed by atoms with Crippen LogP contribution in [0, 0.1) is 0 Å².